The molecule has 0 radical (unpaired) electrons. The number of rotatable bonds is 3. The third-order valence-electron chi connectivity index (χ3n) is 2.48. The van der Waals surface area contributed by atoms with Gasteiger partial charge in [-0.3, -0.25) is 0 Å². The number of methoxy groups -OCH3 is 1. The Morgan fingerprint density at radius 3 is 2.87 bits per heavy atom. The predicted molar refractivity (Wildman–Crippen MR) is 51.5 cm³/mol. The lowest BCUT2D eigenvalue weighted by atomic mass is 9.92. The molecule has 0 spiro atoms. The smallest absolute Gasteiger partial charge is 0.331 e. The topological polar surface area (TPSA) is 38.3 Å². The van der Waals surface area contributed by atoms with Gasteiger partial charge in [-0.05, 0) is 12.8 Å². The molecule has 0 aromatic heterocycles. The minimum atomic E-state index is -2.68. The van der Waals surface area contributed by atoms with E-state index in [1.54, 1.807) is 0 Å². The highest BCUT2D eigenvalue weighted by Crippen LogP contribution is 2.33. The van der Waals surface area contributed by atoms with E-state index in [1.165, 1.54) is 13.3 Å². The summed E-state index contributed by atoms with van der Waals surface area (Å²) in [6.45, 7) is 0. The Bertz CT molecular complexity index is 254. The van der Waals surface area contributed by atoms with Crippen molar-refractivity contribution in [3.63, 3.8) is 0 Å². The van der Waals surface area contributed by atoms with Crippen LogP contribution in [0.5, 0.6) is 0 Å². The Balaban J connectivity index is 2.43. The van der Waals surface area contributed by atoms with Gasteiger partial charge in [0.05, 0.1) is 13.2 Å². The van der Waals surface area contributed by atoms with Gasteiger partial charge in [0, 0.05) is 18.7 Å². The average molecular weight is 219 g/mol. The van der Waals surface area contributed by atoms with Crippen molar-refractivity contribution in [1.82, 2.24) is 5.32 Å². The number of halogens is 2. The van der Waals surface area contributed by atoms with Crippen LogP contribution in [-0.2, 0) is 9.53 Å². The Morgan fingerprint density at radius 2 is 2.27 bits per heavy atom. The first-order valence-corrected chi connectivity index (χ1v) is 4.94. The van der Waals surface area contributed by atoms with Crippen molar-refractivity contribution in [3.8, 4) is 0 Å². The van der Waals surface area contributed by atoms with Crippen LogP contribution in [0.25, 0.3) is 0 Å². The second-order valence-electron chi connectivity index (χ2n) is 3.58. The normalized spacial score (nSPS) is 25.1. The average Bonchev–Trinajstić information content (AvgIpc) is 2.20. The van der Waals surface area contributed by atoms with Gasteiger partial charge in [0.15, 0.2) is 0 Å². The van der Waals surface area contributed by atoms with E-state index < -0.39 is 17.9 Å². The number of ether oxygens (including phenoxy) is 1. The zero-order valence-corrected chi connectivity index (χ0v) is 8.63. The monoisotopic (exact) mass is 219 g/mol. The van der Waals surface area contributed by atoms with Crippen LogP contribution >= 0.6 is 0 Å². The molecule has 86 valence electrons. The van der Waals surface area contributed by atoms with Crippen LogP contribution < -0.4 is 5.32 Å². The molecule has 0 aromatic rings. The van der Waals surface area contributed by atoms with E-state index in [9.17, 15) is 13.6 Å². The van der Waals surface area contributed by atoms with Gasteiger partial charge in [-0.25, -0.2) is 13.6 Å². The number of carbonyl (C=O) groups is 1. The molecule has 1 fully saturated rings. The first-order chi connectivity index (χ1) is 7.06. The van der Waals surface area contributed by atoms with Gasteiger partial charge in [0.2, 0.25) is 0 Å². The second-order valence-corrected chi connectivity index (χ2v) is 3.58. The molecule has 1 aliphatic rings. The van der Waals surface area contributed by atoms with Crippen molar-refractivity contribution in [2.75, 3.05) is 7.11 Å². The van der Waals surface area contributed by atoms with Crippen molar-refractivity contribution < 1.29 is 18.3 Å². The summed E-state index contributed by atoms with van der Waals surface area (Å²) >= 11 is 0. The fourth-order valence-corrected chi connectivity index (χ4v) is 1.60. The molecule has 0 bridgehead atoms. The zero-order valence-electron chi connectivity index (χ0n) is 8.63. The number of hydrogen-bond acceptors (Lipinski definition) is 3. The highest BCUT2D eigenvalue weighted by atomic mass is 19.3. The second kappa shape index (κ2) is 5.09. The number of esters is 1. The molecule has 1 N–H and O–H groups in total. The highest BCUT2D eigenvalue weighted by Gasteiger charge is 2.40. The fourth-order valence-electron chi connectivity index (χ4n) is 1.60. The number of hydrogen-bond donors (Lipinski definition) is 1. The summed E-state index contributed by atoms with van der Waals surface area (Å²) < 4.78 is 30.9. The van der Waals surface area contributed by atoms with E-state index in [2.05, 4.69) is 10.1 Å². The van der Waals surface area contributed by atoms with Crippen LogP contribution in [0.15, 0.2) is 12.3 Å². The quantitative estimate of drug-likeness (QED) is 0.581. The summed E-state index contributed by atoms with van der Waals surface area (Å²) in [7, 11) is 1.24. The summed E-state index contributed by atoms with van der Waals surface area (Å²) in [6.07, 6.45) is 4.03. The SMILES string of the molecule is COC(=O)/C=C/NC1CCCCC1(F)F. The maximum atomic E-state index is 13.3. The molecular weight excluding hydrogens is 204 g/mol. The molecule has 1 rings (SSSR count). The minimum Gasteiger partial charge on any atom is -0.466 e. The van der Waals surface area contributed by atoms with E-state index in [4.69, 9.17) is 0 Å². The van der Waals surface area contributed by atoms with Gasteiger partial charge in [0.1, 0.15) is 0 Å². The van der Waals surface area contributed by atoms with Crippen molar-refractivity contribution in [2.45, 2.75) is 37.6 Å². The van der Waals surface area contributed by atoms with Crippen molar-refractivity contribution in [2.24, 2.45) is 0 Å². The van der Waals surface area contributed by atoms with E-state index in [0.717, 1.165) is 12.5 Å². The largest absolute Gasteiger partial charge is 0.466 e. The third kappa shape index (κ3) is 3.49. The predicted octanol–water partition coefficient (Wildman–Crippen LogP) is 1.84. The standard InChI is InChI=1S/C10H15F2NO2/c1-15-9(14)5-7-13-8-4-2-3-6-10(8,11)12/h5,7-8,13H,2-4,6H2,1H3/b7-5+. The minimum absolute atomic E-state index is 0.0866. The summed E-state index contributed by atoms with van der Waals surface area (Å²) in [6, 6.07) is -0.868. The maximum Gasteiger partial charge on any atom is 0.331 e. The lowest BCUT2D eigenvalue weighted by molar-refractivity contribution is -0.134. The summed E-state index contributed by atoms with van der Waals surface area (Å²) in [5, 5.41) is 2.55. The lowest BCUT2D eigenvalue weighted by Gasteiger charge is -2.31. The van der Waals surface area contributed by atoms with Gasteiger partial charge in [-0.15, -0.1) is 0 Å². The highest BCUT2D eigenvalue weighted by molar-refractivity contribution is 5.81. The molecule has 15 heavy (non-hydrogen) atoms. The molecule has 1 saturated carbocycles. The molecular formula is C10H15F2NO2. The molecule has 0 aromatic carbocycles. The van der Waals surface area contributed by atoms with Crippen LogP contribution in [0.2, 0.25) is 0 Å². The van der Waals surface area contributed by atoms with Crippen molar-refractivity contribution in [3.05, 3.63) is 12.3 Å². The van der Waals surface area contributed by atoms with Crippen molar-refractivity contribution >= 4 is 5.97 Å². The Kier molecular flexibility index (Phi) is 4.05. The lowest BCUT2D eigenvalue weighted by Crippen LogP contribution is -2.44. The summed E-state index contributed by atoms with van der Waals surface area (Å²) in [5.74, 6) is -3.24. The molecule has 0 aliphatic heterocycles. The number of nitrogens with one attached hydrogen (secondary N) is 1. The van der Waals surface area contributed by atoms with Crippen LogP contribution in [0.3, 0.4) is 0 Å². The van der Waals surface area contributed by atoms with Crippen LogP contribution in [0.1, 0.15) is 25.7 Å². The van der Waals surface area contributed by atoms with Crippen LogP contribution in [-0.4, -0.2) is 25.0 Å². The van der Waals surface area contributed by atoms with E-state index >= 15 is 0 Å². The number of carbonyl (C=O) groups excluding carboxylic acids is 1. The summed E-state index contributed by atoms with van der Waals surface area (Å²) in [5.41, 5.74) is 0. The van der Waals surface area contributed by atoms with Gasteiger partial charge in [-0.2, -0.15) is 0 Å². The molecule has 3 nitrogen and oxygen atoms in total. The molecule has 0 heterocycles. The molecule has 1 atom stereocenters. The fraction of sp³-hybridized carbons (Fsp3) is 0.700. The summed E-state index contributed by atoms with van der Waals surface area (Å²) in [4.78, 5) is 10.7. The van der Waals surface area contributed by atoms with E-state index in [-0.39, 0.29) is 6.42 Å². The zero-order chi connectivity index (χ0) is 11.3. The van der Waals surface area contributed by atoms with Gasteiger partial charge in [-0.1, -0.05) is 6.42 Å². The molecule has 5 heteroatoms. The number of alkyl halides is 2. The van der Waals surface area contributed by atoms with E-state index in [1.807, 2.05) is 0 Å². The molecule has 0 amide bonds. The third-order valence-corrected chi connectivity index (χ3v) is 2.48. The molecule has 1 aliphatic carbocycles. The Morgan fingerprint density at radius 1 is 1.53 bits per heavy atom. The van der Waals surface area contributed by atoms with Gasteiger partial charge < -0.3 is 10.1 Å². The first-order valence-electron chi connectivity index (χ1n) is 4.94. The maximum absolute atomic E-state index is 13.3. The van der Waals surface area contributed by atoms with E-state index in [0.29, 0.717) is 12.8 Å². The molecule has 0 saturated heterocycles. The molecule has 1 unspecified atom stereocenters. The van der Waals surface area contributed by atoms with Crippen molar-refractivity contribution in [1.29, 1.82) is 0 Å². The first kappa shape index (κ1) is 11.9. The van der Waals surface area contributed by atoms with Gasteiger partial charge in [0.25, 0.3) is 5.92 Å². The van der Waals surface area contributed by atoms with Gasteiger partial charge >= 0.3 is 5.97 Å². The Hall–Kier alpha value is -1.13. The van der Waals surface area contributed by atoms with Crippen LogP contribution in [0, 0.1) is 0 Å². The Labute approximate surface area is 87.5 Å². The van der Waals surface area contributed by atoms with Crippen LogP contribution in [0.4, 0.5) is 8.78 Å².